The van der Waals surface area contributed by atoms with E-state index in [2.05, 4.69) is 15.9 Å². The first-order valence-electron chi connectivity index (χ1n) is 14.3. The summed E-state index contributed by atoms with van der Waals surface area (Å²) in [5.74, 6) is -5.37. The van der Waals surface area contributed by atoms with Crippen molar-refractivity contribution in [2.45, 2.75) is 57.7 Å². The molecule has 2 atom stereocenters. The van der Waals surface area contributed by atoms with Gasteiger partial charge in [0.2, 0.25) is 0 Å². The predicted octanol–water partition coefficient (Wildman–Crippen LogP) is 1.84. The lowest BCUT2D eigenvalue weighted by Gasteiger charge is -2.37. The third kappa shape index (κ3) is 7.79. The monoisotopic (exact) mass is 651 g/mol. The standard InChI is InChI=1S/C32H34FN5O9/c1-5-12-38(16-19-14-22-25(13-17(19)2)35-18(3)36-28(22)42)20-6-7-21(23(33)15-20)29(43)37(4)32(31(46)47,11-10-27(40)41)26(39)9-8-24(34)30(44)45/h1,6-7,13-15,24H,8-12,16,34H2,2-4H3,(H,40,41)(H,44,45)(H,46,47)(H,35,36,42)/t24-,32+/m0/s1. The number of terminal acetylenes is 1. The Morgan fingerprint density at radius 3 is 2.36 bits per heavy atom. The number of hydrogen-bond acceptors (Lipinski definition) is 9. The molecule has 14 nitrogen and oxygen atoms in total. The topological polar surface area (TPSA) is 224 Å². The molecule has 1 heterocycles. The van der Waals surface area contributed by atoms with Gasteiger partial charge in [0.15, 0.2) is 11.3 Å². The zero-order valence-electron chi connectivity index (χ0n) is 25.9. The third-order valence-corrected chi connectivity index (χ3v) is 7.87. The van der Waals surface area contributed by atoms with Crippen molar-refractivity contribution < 1.29 is 43.7 Å². The molecule has 0 aliphatic heterocycles. The van der Waals surface area contributed by atoms with E-state index >= 15 is 4.39 Å². The van der Waals surface area contributed by atoms with Crippen molar-refractivity contribution in [2.75, 3.05) is 18.5 Å². The Hall–Kier alpha value is -5.62. The molecular weight excluding hydrogens is 617 g/mol. The molecule has 3 aromatic rings. The highest BCUT2D eigenvalue weighted by Gasteiger charge is 2.51. The van der Waals surface area contributed by atoms with Gasteiger partial charge in [0, 0.05) is 32.1 Å². The van der Waals surface area contributed by atoms with E-state index in [1.807, 2.05) is 6.92 Å². The molecule has 6 N–H and O–H groups in total. The van der Waals surface area contributed by atoms with E-state index in [9.17, 15) is 39.0 Å². The second-order valence-corrected chi connectivity index (χ2v) is 11.0. The van der Waals surface area contributed by atoms with Crippen LogP contribution in [-0.4, -0.2) is 85.0 Å². The molecule has 2 aromatic carbocycles. The van der Waals surface area contributed by atoms with Crippen molar-refractivity contribution in [1.82, 2.24) is 14.9 Å². The summed E-state index contributed by atoms with van der Waals surface area (Å²) < 4.78 is 15.6. The minimum absolute atomic E-state index is 0.00306. The Labute approximate surface area is 268 Å². The van der Waals surface area contributed by atoms with Crippen LogP contribution in [0, 0.1) is 32.0 Å². The normalized spacial score (nSPS) is 12.9. The second kappa shape index (κ2) is 14.6. The first-order valence-corrected chi connectivity index (χ1v) is 14.3. The number of hydrogen-bond donors (Lipinski definition) is 5. The first-order chi connectivity index (χ1) is 22.0. The summed E-state index contributed by atoms with van der Waals surface area (Å²) in [7, 11) is 0.922. The van der Waals surface area contributed by atoms with Crippen LogP contribution in [-0.2, 0) is 25.7 Å². The van der Waals surface area contributed by atoms with Crippen LogP contribution in [0.4, 0.5) is 10.1 Å². The summed E-state index contributed by atoms with van der Waals surface area (Å²) in [4.78, 5) is 83.4. The van der Waals surface area contributed by atoms with E-state index in [0.29, 0.717) is 27.2 Å². The van der Waals surface area contributed by atoms with Crippen LogP contribution in [0.1, 0.15) is 53.0 Å². The van der Waals surface area contributed by atoms with Gasteiger partial charge in [-0.05, 0) is 68.1 Å². The summed E-state index contributed by atoms with van der Waals surface area (Å²) >= 11 is 0. The summed E-state index contributed by atoms with van der Waals surface area (Å²) in [6.45, 7) is 3.61. The van der Waals surface area contributed by atoms with E-state index in [1.165, 1.54) is 6.07 Å². The number of anilines is 1. The Balaban J connectivity index is 1.99. The molecule has 1 amide bonds. The summed E-state index contributed by atoms with van der Waals surface area (Å²) in [5.41, 5.74) is 3.93. The molecule has 0 aliphatic rings. The Kier molecular flexibility index (Phi) is 11.2. The summed E-state index contributed by atoms with van der Waals surface area (Å²) in [6, 6.07) is 5.32. The number of nitrogens with two attached hydrogens (primary N) is 1. The first kappa shape index (κ1) is 35.9. The van der Waals surface area contributed by atoms with E-state index in [4.69, 9.17) is 17.3 Å². The van der Waals surface area contributed by atoms with Gasteiger partial charge in [0.1, 0.15) is 17.7 Å². The van der Waals surface area contributed by atoms with Crippen LogP contribution >= 0.6 is 0 Å². The molecule has 47 heavy (non-hydrogen) atoms. The highest BCUT2D eigenvalue weighted by atomic mass is 19.1. The molecule has 0 saturated carbocycles. The van der Waals surface area contributed by atoms with Crippen LogP contribution in [0.25, 0.3) is 10.9 Å². The van der Waals surface area contributed by atoms with Gasteiger partial charge >= 0.3 is 17.9 Å². The van der Waals surface area contributed by atoms with E-state index in [0.717, 1.165) is 24.7 Å². The molecule has 15 heteroatoms. The van der Waals surface area contributed by atoms with Crippen molar-refractivity contribution in [3.63, 3.8) is 0 Å². The number of amides is 1. The lowest BCUT2D eigenvalue weighted by atomic mass is 9.83. The maximum absolute atomic E-state index is 15.6. The van der Waals surface area contributed by atoms with Crippen LogP contribution in [0.2, 0.25) is 0 Å². The fourth-order valence-corrected chi connectivity index (χ4v) is 5.17. The summed E-state index contributed by atoms with van der Waals surface area (Å²) in [6.07, 6.45) is 2.65. The number of nitrogens with zero attached hydrogens (tertiary/aromatic N) is 3. The number of H-pyrrole nitrogens is 1. The smallest absolute Gasteiger partial charge is 0.337 e. The van der Waals surface area contributed by atoms with E-state index < -0.39 is 78.2 Å². The number of carbonyl (C=O) groups excluding carboxylic acids is 2. The van der Waals surface area contributed by atoms with Gasteiger partial charge in [-0.1, -0.05) is 5.92 Å². The average molecular weight is 652 g/mol. The summed E-state index contributed by atoms with van der Waals surface area (Å²) in [5, 5.41) is 28.8. The van der Waals surface area contributed by atoms with E-state index in [-0.39, 0.29) is 24.3 Å². The molecule has 0 spiro atoms. The molecule has 0 saturated heterocycles. The van der Waals surface area contributed by atoms with Crippen molar-refractivity contribution in [2.24, 2.45) is 5.73 Å². The van der Waals surface area contributed by atoms with Gasteiger partial charge in [-0.15, -0.1) is 6.42 Å². The molecule has 0 radical (unpaired) electrons. The number of Topliss-reactive ketones (excluding diaryl/α,β-unsaturated/α-hetero) is 1. The maximum atomic E-state index is 15.6. The highest BCUT2D eigenvalue weighted by Crippen LogP contribution is 2.29. The number of fused-ring (bicyclic) bond motifs is 1. The fraction of sp³-hybridized carbons (Fsp3) is 0.344. The number of halogens is 1. The number of carboxylic acids is 3. The number of carboxylic acid groups (broad SMARTS) is 3. The zero-order chi connectivity index (χ0) is 35.2. The lowest BCUT2D eigenvalue weighted by molar-refractivity contribution is -0.156. The van der Waals surface area contributed by atoms with E-state index in [1.54, 1.807) is 24.0 Å². The van der Waals surface area contributed by atoms with Crippen molar-refractivity contribution in [3.8, 4) is 12.3 Å². The largest absolute Gasteiger partial charge is 0.481 e. The van der Waals surface area contributed by atoms with Gasteiger partial charge in [-0.25, -0.2) is 14.2 Å². The number of ketones is 1. The molecule has 0 unspecified atom stereocenters. The van der Waals surface area contributed by atoms with Crippen LogP contribution in [0.15, 0.2) is 35.1 Å². The minimum atomic E-state index is -2.77. The van der Waals surface area contributed by atoms with Gasteiger partial charge in [-0.2, -0.15) is 0 Å². The molecule has 0 bridgehead atoms. The SMILES string of the molecule is C#CCN(Cc1cc2c(=O)[nH]c(C)nc2cc1C)c1ccc(C(=O)N(C)[C@@](CCC(=O)O)(C(=O)O)C(=O)CC[C@H](N)C(=O)O)c(F)c1. The second-order valence-electron chi connectivity index (χ2n) is 11.0. The Morgan fingerprint density at radius 1 is 1.11 bits per heavy atom. The molecule has 3 rings (SSSR count). The van der Waals surface area contributed by atoms with Crippen molar-refractivity contribution >= 4 is 46.2 Å². The lowest BCUT2D eigenvalue weighted by Crippen LogP contribution is -2.61. The molecular formula is C32H34FN5O9. The number of aromatic nitrogens is 2. The maximum Gasteiger partial charge on any atom is 0.337 e. The number of likely N-dealkylation sites (N-methyl/N-ethyl adjacent to an activating group) is 1. The van der Waals surface area contributed by atoms with Gasteiger partial charge in [0.25, 0.3) is 11.5 Å². The number of rotatable bonds is 15. The van der Waals surface area contributed by atoms with Crippen LogP contribution < -0.4 is 16.2 Å². The Morgan fingerprint density at radius 2 is 1.79 bits per heavy atom. The minimum Gasteiger partial charge on any atom is -0.481 e. The van der Waals surface area contributed by atoms with Gasteiger partial charge in [-0.3, -0.25) is 24.0 Å². The number of aliphatic carboxylic acids is 3. The number of aryl methyl sites for hydroxylation is 2. The number of benzene rings is 2. The fourth-order valence-electron chi connectivity index (χ4n) is 5.17. The molecule has 1 aromatic heterocycles. The number of aromatic amines is 1. The van der Waals surface area contributed by atoms with Gasteiger partial charge < -0.3 is 35.8 Å². The molecule has 248 valence electrons. The van der Waals surface area contributed by atoms with Crippen molar-refractivity contribution in [1.29, 1.82) is 0 Å². The Bertz CT molecular complexity index is 1850. The average Bonchev–Trinajstić information content (AvgIpc) is 2.99. The predicted molar refractivity (Wildman–Crippen MR) is 167 cm³/mol. The third-order valence-electron chi connectivity index (χ3n) is 7.87. The molecule has 0 aliphatic carbocycles. The van der Waals surface area contributed by atoms with Crippen LogP contribution in [0.3, 0.4) is 0 Å². The van der Waals surface area contributed by atoms with Gasteiger partial charge in [0.05, 0.1) is 23.0 Å². The zero-order valence-corrected chi connectivity index (χ0v) is 25.9. The number of nitrogens with one attached hydrogen (secondary N) is 1. The highest BCUT2D eigenvalue weighted by molar-refractivity contribution is 6.12. The van der Waals surface area contributed by atoms with Crippen molar-refractivity contribution in [3.05, 3.63) is 69.0 Å². The quantitative estimate of drug-likeness (QED) is 0.117. The molecule has 0 fully saturated rings. The number of carbonyl (C=O) groups is 5. The van der Waals surface area contributed by atoms with Crippen LogP contribution in [0.5, 0.6) is 0 Å².